The van der Waals surface area contributed by atoms with E-state index in [1.54, 1.807) is 50.6 Å². The summed E-state index contributed by atoms with van der Waals surface area (Å²) in [5, 5.41) is 0. The third-order valence-electron chi connectivity index (χ3n) is 7.88. The van der Waals surface area contributed by atoms with E-state index in [9.17, 15) is 18.0 Å². The molecule has 2 aliphatic heterocycles. The molecule has 5 rings (SSSR count). The van der Waals surface area contributed by atoms with Crippen molar-refractivity contribution in [2.45, 2.75) is 43.3 Å². The Bertz CT molecular complexity index is 1780. The number of imide groups is 1. The fourth-order valence-electron chi connectivity index (χ4n) is 5.61. The van der Waals surface area contributed by atoms with E-state index in [0.717, 1.165) is 16.7 Å². The number of carbonyl (C=O) groups excluding carboxylic acids is 2. The molecular formula is C35H37NO10S. The maximum atomic E-state index is 13.0. The topological polar surface area (TPSA) is 127 Å². The largest absolute Gasteiger partial charge is 0.493 e. The van der Waals surface area contributed by atoms with E-state index in [2.05, 4.69) is 11.8 Å². The van der Waals surface area contributed by atoms with Gasteiger partial charge in [-0.3, -0.25) is 14.5 Å². The average Bonchev–Trinajstić information content (AvgIpc) is 3.66. The van der Waals surface area contributed by atoms with E-state index >= 15 is 0 Å². The monoisotopic (exact) mass is 663 g/mol. The van der Waals surface area contributed by atoms with Crippen molar-refractivity contribution in [1.82, 2.24) is 4.90 Å². The van der Waals surface area contributed by atoms with Gasteiger partial charge in [0.25, 0.3) is 11.8 Å². The molecule has 0 bridgehead atoms. The third-order valence-corrected chi connectivity index (χ3v) is 8.99. The summed E-state index contributed by atoms with van der Waals surface area (Å²) in [6.45, 7) is 1.93. The summed E-state index contributed by atoms with van der Waals surface area (Å²) in [5.74, 6) is 6.63. The highest BCUT2D eigenvalue weighted by Crippen LogP contribution is 2.48. The van der Waals surface area contributed by atoms with Gasteiger partial charge in [0.15, 0.2) is 32.8 Å². The van der Waals surface area contributed by atoms with Crippen molar-refractivity contribution in [3.05, 3.63) is 70.8 Å². The van der Waals surface area contributed by atoms with E-state index < -0.39 is 27.8 Å². The number of sulfone groups is 1. The van der Waals surface area contributed by atoms with Crippen LogP contribution in [0.4, 0.5) is 0 Å². The van der Waals surface area contributed by atoms with Crippen LogP contribution in [0.5, 0.6) is 28.7 Å². The Labute approximate surface area is 274 Å². The molecule has 2 aliphatic rings. The van der Waals surface area contributed by atoms with Gasteiger partial charge < -0.3 is 28.4 Å². The molecule has 2 heterocycles. The van der Waals surface area contributed by atoms with Crippen molar-refractivity contribution in [3.8, 4) is 40.6 Å². The molecule has 3 aromatic carbocycles. The number of amides is 2. The summed E-state index contributed by atoms with van der Waals surface area (Å²) < 4.78 is 60.8. The van der Waals surface area contributed by atoms with Crippen LogP contribution in [0.15, 0.2) is 53.4 Å². The first-order valence-corrected chi connectivity index (χ1v) is 17.0. The van der Waals surface area contributed by atoms with Crippen LogP contribution < -0.4 is 23.7 Å². The Morgan fingerprint density at radius 1 is 0.809 bits per heavy atom. The second-order valence-corrected chi connectivity index (χ2v) is 13.0. The molecule has 0 radical (unpaired) electrons. The lowest BCUT2D eigenvalue weighted by Gasteiger charge is -2.20. The first-order chi connectivity index (χ1) is 22.6. The second kappa shape index (κ2) is 14.4. The highest BCUT2D eigenvalue weighted by Gasteiger charge is 2.35. The van der Waals surface area contributed by atoms with Gasteiger partial charge in [-0.1, -0.05) is 30.9 Å². The standard InChI is InChI=1S/C35H37NO10S/c1-6-16-45-33-30(44-17-10-9-15-36-34(37)24-11-7-8-12-25(24)35(36)38)20-23(21-31(33)47(5,39)40)27-14-13-26(46-27)22-18-28(41-2)32(43-4)29(19-22)42-3/h7-8,11-12,18-21,26-27H,6,13-17H2,1-5H3/t26-,27-/m1/s1. The number of carbonyl (C=O) groups is 2. The lowest BCUT2D eigenvalue weighted by molar-refractivity contribution is 0.0435. The van der Waals surface area contributed by atoms with Crippen molar-refractivity contribution >= 4 is 21.7 Å². The maximum Gasteiger partial charge on any atom is 0.262 e. The van der Waals surface area contributed by atoms with Crippen LogP contribution in [-0.2, 0) is 14.6 Å². The Morgan fingerprint density at radius 3 is 1.91 bits per heavy atom. The Balaban J connectivity index is 1.38. The number of nitrogens with zero attached hydrogens (tertiary/aromatic N) is 1. The molecule has 1 saturated heterocycles. The van der Waals surface area contributed by atoms with Crippen LogP contribution >= 0.6 is 0 Å². The Kier molecular flexibility index (Phi) is 10.3. The van der Waals surface area contributed by atoms with E-state index in [1.807, 2.05) is 19.1 Å². The van der Waals surface area contributed by atoms with Crippen LogP contribution in [0.1, 0.15) is 70.2 Å². The summed E-state index contributed by atoms with van der Waals surface area (Å²) in [6.07, 6.45) is 2.27. The van der Waals surface area contributed by atoms with Crippen molar-refractivity contribution in [3.63, 3.8) is 0 Å². The first kappa shape index (κ1) is 33.6. The maximum absolute atomic E-state index is 13.0. The number of methoxy groups -OCH3 is 3. The quantitative estimate of drug-likeness (QED) is 0.189. The minimum absolute atomic E-state index is 0.0164. The SMILES string of the molecule is CCCOc1c(OCC#CCN2C(=O)c3ccccc3C2=O)cc([C@H]2CC[C@H](c3cc(OC)c(OC)c(OC)c3)O2)cc1S(C)(=O)=O. The number of hydrogen-bond donors (Lipinski definition) is 0. The number of ether oxygens (including phenoxy) is 6. The lowest BCUT2D eigenvalue weighted by atomic mass is 10.0. The van der Waals surface area contributed by atoms with Crippen LogP contribution in [-0.4, -0.2) is 72.5 Å². The molecule has 0 N–H and O–H groups in total. The van der Waals surface area contributed by atoms with Gasteiger partial charge in [0.05, 0.1) is 57.8 Å². The van der Waals surface area contributed by atoms with Gasteiger partial charge >= 0.3 is 0 Å². The molecule has 47 heavy (non-hydrogen) atoms. The molecular weight excluding hydrogens is 626 g/mol. The van der Waals surface area contributed by atoms with Gasteiger partial charge in [0, 0.05) is 6.26 Å². The smallest absolute Gasteiger partial charge is 0.262 e. The number of hydrogen-bond acceptors (Lipinski definition) is 10. The number of rotatable bonds is 12. The molecule has 0 aliphatic carbocycles. The van der Waals surface area contributed by atoms with Crippen LogP contribution in [0.25, 0.3) is 0 Å². The molecule has 2 amide bonds. The molecule has 0 aromatic heterocycles. The van der Waals surface area contributed by atoms with E-state index in [1.165, 1.54) is 7.11 Å². The number of benzene rings is 3. The first-order valence-electron chi connectivity index (χ1n) is 15.1. The van der Waals surface area contributed by atoms with Gasteiger partial charge in [0.2, 0.25) is 5.75 Å². The van der Waals surface area contributed by atoms with E-state index in [0.29, 0.717) is 53.2 Å². The molecule has 0 spiro atoms. The van der Waals surface area contributed by atoms with Crippen molar-refractivity contribution < 1.29 is 46.4 Å². The molecule has 0 saturated carbocycles. The van der Waals surface area contributed by atoms with Crippen LogP contribution in [0.2, 0.25) is 0 Å². The van der Waals surface area contributed by atoms with Crippen molar-refractivity contribution in [2.24, 2.45) is 0 Å². The highest BCUT2D eigenvalue weighted by molar-refractivity contribution is 7.90. The van der Waals surface area contributed by atoms with Gasteiger partial charge in [0.1, 0.15) is 11.5 Å². The zero-order chi connectivity index (χ0) is 33.7. The highest BCUT2D eigenvalue weighted by atomic mass is 32.2. The second-order valence-electron chi connectivity index (χ2n) is 11.0. The molecule has 0 unspecified atom stereocenters. The summed E-state index contributed by atoms with van der Waals surface area (Å²) in [7, 11) is 0.890. The summed E-state index contributed by atoms with van der Waals surface area (Å²) in [5.41, 5.74) is 2.14. The zero-order valence-corrected chi connectivity index (χ0v) is 27.8. The van der Waals surface area contributed by atoms with Gasteiger partial charge in [-0.2, -0.15) is 0 Å². The minimum atomic E-state index is -3.74. The van der Waals surface area contributed by atoms with Crippen LogP contribution in [0.3, 0.4) is 0 Å². The average molecular weight is 664 g/mol. The third kappa shape index (κ3) is 7.01. The fourth-order valence-corrected chi connectivity index (χ4v) is 6.46. The van der Waals surface area contributed by atoms with Gasteiger partial charge in [-0.25, -0.2) is 8.42 Å². The van der Waals surface area contributed by atoms with Crippen LogP contribution in [0, 0.1) is 11.8 Å². The van der Waals surface area contributed by atoms with E-state index in [4.69, 9.17) is 28.4 Å². The summed E-state index contributed by atoms with van der Waals surface area (Å²) in [4.78, 5) is 26.3. The molecule has 1 fully saturated rings. The van der Waals surface area contributed by atoms with Gasteiger partial charge in [-0.05, 0) is 66.8 Å². The zero-order valence-electron chi connectivity index (χ0n) is 27.0. The molecule has 3 aromatic rings. The Morgan fingerprint density at radius 2 is 1.38 bits per heavy atom. The molecule has 11 nitrogen and oxygen atoms in total. The molecule has 2 atom stereocenters. The molecule has 12 heteroatoms. The number of fused-ring (bicyclic) bond motifs is 1. The summed E-state index contributed by atoms with van der Waals surface area (Å²) >= 11 is 0. The lowest BCUT2D eigenvalue weighted by Crippen LogP contribution is -2.30. The normalized spacial score (nSPS) is 17.2. The fraction of sp³-hybridized carbons (Fsp3) is 0.371. The van der Waals surface area contributed by atoms with E-state index in [-0.39, 0.29) is 42.3 Å². The van der Waals surface area contributed by atoms with Crippen molar-refractivity contribution in [2.75, 3.05) is 47.3 Å². The predicted molar refractivity (Wildman–Crippen MR) is 172 cm³/mol. The van der Waals surface area contributed by atoms with Gasteiger partial charge in [-0.15, -0.1) is 0 Å². The summed E-state index contributed by atoms with van der Waals surface area (Å²) in [6, 6.07) is 13.6. The van der Waals surface area contributed by atoms with Crippen molar-refractivity contribution in [1.29, 1.82) is 0 Å². The Hall–Kier alpha value is -4.73. The minimum Gasteiger partial charge on any atom is -0.493 e. The predicted octanol–water partition coefficient (Wildman–Crippen LogP) is 5.18. The molecule has 248 valence electrons.